The SMILES string of the molecule is CCc1cc2c(C)cc(=O)oc2cc1OC(=O)c1ccc(C(=O)OC)cc1. The van der Waals surface area contributed by atoms with Crippen LogP contribution >= 0.6 is 0 Å². The predicted molar refractivity (Wildman–Crippen MR) is 99.3 cm³/mol. The van der Waals surface area contributed by atoms with Gasteiger partial charge in [0.2, 0.25) is 0 Å². The van der Waals surface area contributed by atoms with Gasteiger partial charge >= 0.3 is 17.6 Å². The number of esters is 2. The van der Waals surface area contributed by atoms with E-state index in [2.05, 4.69) is 4.74 Å². The summed E-state index contributed by atoms with van der Waals surface area (Å²) in [5.41, 5.74) is 2.15. The minimum absolute atomic E-state index is 0.287. The molecule has 2 aromatic carbocycles. The van der Waals surface area contributed by atoms with Gasteiger partial charge in [-0.25, -0.2) is 14.4 Å². The topological polar surface area (TPSA) is 82.8 Å². The third-order valence-electron chi connectivity index (χ3n) is 4.26. The molecule has 0 fully saturated rings. The van der Waals surface area contributed by atoms with Crippen molar-refractivity contribution in [2.45, 2.75) is 20.3 Å². The average molecular weight is 366 g/mol. The van der Waals surface area contributed by atoms with Crippen LogP contribution in [0.2, 0.25) is 0 Å². The Labute approximate surface area is 155 Å². The van der Waals surface area contributed by atoms with Gasteiger partial charge in [0.1, 0.15) is 11.3 Å². The number of ether oxygens (including phenoxy) is 2. The molecule has 0 aliphatic carbocycles. The quantitative estimate of drug-likeness (QED) is 0.398. The van der Waals surface area contributed by atoms with E-state index in [9.17, 15) is 14.4 Å². The maximum Gasteiger partial charge on any atom is 0.343 e. The molecule has 6 nitrogen and oxygen atoms in total. The minimum Gasteiger partial charge on any atom is -0.465 e. The van der Waals surface area contributed by atoms with E-state index in [0.717, 1.165) is 16.5 Å². The van der Waals surface area contributed by atoms with Crippen molar-refractivity contribution < 1.29 is 23.5 Å². The molecule has 0 bridgehead atoms. The Morgan fingerprint density at radius 3 is 2.22 bits per heavy atom. The van der Waals surface area contributed by atoms with Crippen LogP contribution in [-0.2, 0) is 11.2 Å². The Morgan fingerprint density at radius 2 is 1.63 bits per heavy atom. The van der Waals surface area contributed by atoms with Crippen LogP contribution in [0.5, 0.6) is 5.75 Å². The predicted octanol–water partition coefficient (Wildman–Crippen LogP) is 3.67. The number of methoxy groups -OCH3 is 1. The summed E-state index contributed by atoms with van der Waals surface area (Å²) < 4.78 is 15.4. The second-order valence-corrected chi connectivity index (χ2v) is 6.02. The second-order valence-electron chi connectivity index (χ2n) is 6.02. The molecule has 1 aromatic heterocycles. The number of hydrogen-bond donors (Lipinski definition) is 0. The van der Waals surface area contributed by atoms with Gasteiger partial charge in [-0.1, -0.05) is 6.92 Å². The molecule has 138 valence electrons. The van der Waals surface area contributed by atoms with Crippen molar-refractivity contribution in [1.29, 1.82) is 0 Å². The molecule has 6 heteroatoms. The van der Waals surface area contributed by atoms with Crippen molar-refractivity contribution in [3.8, 4) is 5.75 Å². The van der Waals surface area contributed by atoms with Crippen molar-refractivity contribution in [3.05, 3.63) is 75.1 Å². The minimum atomic E-state index is -0.574. The summed E-state index contributed by atoms with van der Waals surface area (Å²) in [5.74, 6) is -0.723. The molecule has 0 radical (unpaired) electrons. The molecule has 0 saturated carbocycles. The van der Waals surface area contributed by atoms with E-state index < -0.39 is 17.6 Å². The molecule has 0 N–H and O–H groups in total. The molecule has 3 aromatic rings. The van der Waals surface area contributed by atoms with E-state index in [-0.39, 0.29) is 5.56 Å². The summed E-state index contributed by atoms with van der Waals surface area (Å²) in [6, 6.07) is 10.8. The molecule has 0 amide bonds. The first kappa shape index (κ1) is 18.4. The van der Waals surface area contributed by atoms with Gasteiger partial charge in [-0.05, 0) is 54.8 Å². The van der Waals surface area contributed by atoms with Crippen molar-refractivity contribution >= 4 is 22.9 Å². The highest BCUT2D eigenvalue weighted by Gasteiger charge is 2.15. The van der Waals surface area contributed by atoms with Crippen molar-refractivity contribution in [3.63, 3.8) is 0 Å². The molecule has 0 aliphatic rings. The lowest BCUT2D eigenvalue weighted by Crippen LogP contribution is -2.11. The highest BCUT2D eigenvalue weighted by Crippen LogP contribution is 2.28. The number of carbonyl (C=O) groups excluding carboxylic acids is 2. The van der Waals surface area contributed by atoms with Crippen LogP contribution in [0.1, 0.15) is 38.8 Å². The van der Waals surface area contributed by atoms with Crippen molar-refractivity contribution in [2.24, 2.45) is 0 Å². The first-order valence-corrected chi connectivity index (χ1v) is 8.41. The third-order valence-corrected chi connectivity index (χ3v) is 4.26. The fourth-order valence-electron chi connectivity index (χ4n) is 2.78. The normalized spacial score (nSPS) is 10.6. The Morgan fingerprint density at radius 1 is 1.00 bits per heavy atom. The van der Waals surface area contributed by atoms with E-state index in [1.54, 1.807) is 6.07 Å². The van der Waals surface area contributed by atoms with Crippen LogP contribution in [0.4, 0.5) is 0 Å². The summed E-state index contributed by atoms with van der Waals surface area (Å²) in [6.45, 7) is 3.77. The molecule has 0 spiro atoms. The monoisotopic (exact) mass is 366 g/mol. The fourth-order valence-corrected chi connectivity index (χ4v) is 2.78. The Balaban J connectivity index is 1.94. The van der Waals surface area contributed by atoms with Crippen LogP contribution in [0.3, 0.4) is 0 Å². The zero-order chi connectivity index (χ0) is 19.6. The summed E-state index contributed by atoms with van der Waals surface area (Å²) in [6.07, 6.45) is 0.637. The zero-order valence-corrected chi connectivity index (χ0v) is 15.2. The summed E-state index contributed by atoms with van der Waals surface area (Å²) >= 11 is 0. The van der Waals surface area contributed by atoms with Gasteiger partial charge < -0.3 is 13.9 Å². The van der Waals surface area contributed by atoms with Gasteiger partial charge in [-0.2, -0.15) is 0 Å². The summed E-state index contributed by atoms with van der Waals surface area (Å²) in [5, 5.41) is 0.800. The van der Waals surface area contributed by atoms with Crippen LogP contribution in [0, 0.1) is 6.92 Å². The molecule has 0 atom stereocenters. The first-order valence-electron chi connectivity index (χ1n) is 8.41. The zero-order valence-electron chi connectivity index (χ0n) is 15.2. The van der Waals surface area contributed by atoms with E-state index in [0.29, 0.717) is 23.3 Å². The van der Waals surface area contributed by atoms with Gasteiger partial charge in [0, 0.05) is 17.5 Å². The number of benzene rings is 2. The largest absolute Gasteiger partial charge is 0.465 e. The number of aryl methyl sites for hydroxylation is 2. The fraction of sp³-hybridized carbons (Fsp3) is 0.190. The molecular formula is C21H18O6. The van der Waals surface area contributed by atoms with Gasteiger partial charge in [0.15, 0.2) is 0 Å². The maximum atomic E-state index is 12.5. The molecule has 3 rings (SSSR count). The molecule has 0 aliphatic heterocycles. The third kappa shape index (κ3) is 3.74. The lowest BCUT2D eigenvalue weighted by Gasteiger charge is -2.11. The number of fused-ring (bicyclic) bond motifs is 1. The van der Waals surface area contributed by atoms with E-state index in [1.165, 1.54) is 37.4 Å². The smallest absolute Gasteiger partial charge is 0.343 e. The molecule has 0 unspecified atom stereocenters. The molecule has 0 saturated heterocycles. The van der Waals surface area contributed by atoms with Crippen molar-refractivity contribution in [2.75, 3.05) is 7.11 Å². The molecule has 1 heterocycles. The summed E-state index contributed by atoms with van der Waals surface area (Å²) in [7, 11) is 1.29. The van der Waals surface area contributed by atoms with Crippen LogP contribution in [0.25, 0.3) is 11.0 Å². The Kier molecular flexibility index (Phi) is 5.07. The van der Waals surface area contributed by atoms with Gasteiger partial charge in [0.05, 0.1) is 18.2 Å². The lowest BCUT2D eigenvalue weighted by molar-refractivity contribution is 0.0599. The molecule has 27 heavy (non-hydrogen) atoms. The first-order chi connectivity index (χ1) is 12.9. The van der Waals surface area contributed by atoms with Gasteiger partial charge in [0.25, 0.3) is 0 Å². The lowest BCUT2D eigenvalue weighted by atomic mass is 10.1. The molecular weight excluding hydrogens is 348 g/mol. The van der Waals surface area contributed by atoms with Crippen molar-refractivity contribution in [1.82, 2.24) is 0 Å². The Bertz CT molecular complexity index is 1080. The van der Waals surface area contributed by atoms with Gasteiger partial charge in [-0.3, -0.25) is 0 Å². The second kappa shape index (κ2) is 7.45. The number of rotatable bonds is 4. The number of carbonyl (C=O) groups is 2. The maximum absolute atomic E-state index is 12.5. The highest BCUT2D eigenvalue weighted by atomic mass is 16.5. The average Bonchev–Trinajstić information content (AvgIpc) is 2.66. The highest BCUT2D eigenvalue weighted by molar-refractivity contribution is 5.94. The number of hydrogen-bond acceptors (Lipinski definition) is 6. The van der Waals surface area contributed by atoms with E-state index >= 15 is 0 Å². The van der Waals surface area contributed by atoms with Gasteiger partial charge in [-0.15, -0.1) is 0 Å². The summed E-state index contributed by atoms with van der Waals surface area (Å²) in [4.78, 5) is 35.6. The van der Waals surface area contributed by atoms with Crippen LogP contribution in [-0.4, -0.2) is 19.0 Å². The standard InChI is InChI=1S/C21H18O6/c1-4-13-10-16-12(2)9-19(22)26-18(16)11-17(13)27-21(24)15-7-5-14(6-8-15)20(23)25-3/h5-11H,4H2,1-3H3. The van der Waals surface area contributed by atoms with E-state index in [1.807, 2.05) is 19.9 Å². The Hall–Kier alpha value is -3.41. The van der Waals surface area contributed by atoms with Crippen LogP contribution in [0.15, 0.2) is 51.7 Å². The van der Waals surface area contributed by atoms with Crippen LogP contribution < -0.4 is 10.4 Å². The van der Waals surface area contributed by atoms with E-state index in [4.69, 9.17) is 9.15 Å².